The zero-order valence-corrected chi connectivity index (χ0v) is 9.90. The normalized spacial score (nSPS) is 25.6. The van der Waals surface area contributed by atoms with Gasteiger partial charge in [0, 0.05) is 20.2 Å². The van der Waals surface area contributed by atoms with Gasteiger partial charge in [0.1, 0.15) is 0 Å². The Morgan fingerprint density at radius 3 is 3.06 bits per heavy atom. The van der Waals surface area contributed by atoms with E-state index in [9.17, 15) is 0 Å². The summed E-state index contributed by atoms with van der Waals surface area (Å²) in [7, 11) is 1.72. The molecule has 1 aromatic rings. The summed E-state index contributed by atoms with van der Waals surface area (Å²) < 4.78 is 11.0. The average molecular weight is 221 g/mol. The van der Waals surface area contributed by atoms with Crippen molar-refractivity contribution >= 4 is 0 Å². The lowest BCUT2D eigenvalue weighted by atomic mass is 10.0. The highest BCUT2D eigenvalue weighted by Crippen LogP contribution is 2.22. The van der Waals surface area contributed by atoms with Gasteiger partial charge in [0.15, 0.2) is 0 Å². The van der Waals surface area contributed by atoms with Gasteiger partial charge < -0.3 is 14.8 Å². The first-order valence-electron chi connectivity index (χ1n) is 5.73. The van der Waals surface area contributed by atoms with Crippen LogP contribution in [0.25, 0.3) is 0 Å². The fourth-order valence-corrected chi connectivity index (χ4v) is 2.04. The minimum Gasteiger partial charge on any atom is -0.380 e. The Bertz CT molecular complexity index is 340. The SMILES string of the molecule is COCc1cccc(C2CNCC(C)O2)c1. The van der Waals surface area contributed by atoms with Crippen LogP contribution < -0.4 is 5.32 Å². The highest BCUT2D eigenvalue weighted by Gasteiger charge is 2.20. The van der Waals surface area contributed by atoms with Crippen molar-refractivity contribution in [2.45, 2.75) is 25.7 Å². The Morgan fingerprint density at radius 1 is 1.44 bits per heavy atom. The number of ether oxygens (including phenoxy) is 2. The van der Waals surface area contributed by atoms with Crippen molar-refractivity contribution in [1.29, 1.82) is 0 Å². The van der Waals surface area contributed by atoms with Crippen LogP contribution in [0.4, 0.5) is 0 Å². The van der Waals surface area contributed by atoms with Gasteiger partial charge in [0.2, 0.25) is 0 Å². The van der Waals surface area contributed by atoms with E-state index in [1.165, 1.54) is 11.1 Å². The van der Waals surface area contributed by atoms with Crippen molar-refractivity contribution in [3.05, 3.63) is 35.4 Å². The Labute approximate surface area is 96.8 Å². The molecule has 1 aliphatic rings. The average Bonchev–Trinajstić information content (AvgIpc) is 2.30. The van der Waals surface area contributed by atoms with Crippen molar-refractivity contribution in [2.75, 3.05) is 20.2 Å². The number of methoxy groups -OCH3 is 1. The van der Waals surface area contributed by atoms with Gasteiger partial charge in [0.05, 0.1) is 18.8 Å². The van der Waals surface area contributed by atoms with Gasteiger partial charge in [0.25, 0.3) is 0 Å². The summed E-state index contributed by atoms with van der Waals surface area (Å²) in [5, 5.41) is 3.38. The molecule has 1 aromatic carbocycles. The molecule has 1 saturated heterocycles. The van der Waals surface area contributed by atoms with Crippen LogP contribution in [-0.2, 0) is 16.1 Å². The summed E-state index contributed by atoms with van der Waals surface area (Å²) in [6.07, 6.45) is 0.449. The van der Waals surface area contributed by atoms with Gasteiger partial charge in [-0.25, -0.2) is 0 Å². The maximum Gasteiger partial charge on any atom is 0.0953 e. The van der Waals surface area contributed by atoms with E-state index in [0.29, 0.717) is 6.61 Å². The van der Waals surface area contributed by atoms with Gasteiger partial charge in [-0.1, -0.05) is 24.3 Å². The lowest BCUT2D eigenvalue weighted by Gasteiger charge is -2.29. The Hall–Kier alpha value is -0.900. The van der Waals surface area contributed by atoms with E-state index >= 15 is 0 Å². The molecule has 1 fully saturated rings. The first kappa shape index (κ1) is 11.6. The fourth-order valence-electron chi connectivity index (χ4n) is 2.04. The predicted octanol–water partition coefficient (Wildman–Crippen LogP) is 1.88. The summed E-state index contributed by atoms with van der Waals surface area (Å²) in [6, 6.07) is 8.41. The highest BCUT2D eigenvalue weighted by atomic mass is 16.5. The van der Waals surface area contributed by atoms with Crippen molar-refractivity contribution in [3.8, 4) is 0 Å². The molecule has 0 aromatic heterocycles. The van der Waals surface area contributed by atoms with Crippen LogP contribution in [0.15, 0.2) is 24.3 Å². The van der Waals surface area contributed by atoms with Gasteiger partial charge in [-0.15, -0.1) is 0 Å². The second-order valence-electron chi connectivity index (χ2n) is 4.27. The summed E-state index contributed by atoms with van der Waals surface area (Å²) in [6.45, 7) is 4.58. The number of morpholine rings is 1. The summed E-state index contributed by atoms with van der Waals surface area (Å²) in [5.41, 5.74) is 2.43. The number of nitrogens with one attached hydrogen (secondary N) is 1. The van der Waals surface area contributed by atoms with E-state index < -0.39 is 0 Å². The van der Waals surface area contributed by atoms with Crippen LogP contribution >= 0.6 is 0 Å². The van der Waals surface area contributed by atoms with Gasteiger partial charge in [-0.2, -0.15) is 0 Å². The van der Waals surface area contributed by atoms with E-state index in [0.717, 1.165) is 13.1 Å². The molecule has 1 aliphatic heterocycles. The molecular formula is C13H19NO2. The lowest BCUT2D eigenvalue weighted by molar-refractivity contribution is -0.0287. The molecule has 16 heavy (non-hydrogen) atoms. The summed E-state index contributed by atoms with van der Waals surface area (Å²) >= 11 is 0. The fraction of sp³-hybridized carbons (Fsp3) is 0.538. The first-order chi connectivity index (χ1) is 7.79. The van der Waals surface area contributed by atoms with E-state index in [1.807, 2.05) is 0 Å². The molecule has 0 amide bonds. The van der Waals surface area contributed by atoms with Crippen molar-refractivity contribution in [1.82, 2.24) is 5.32 Å². The molecule has 1 N–H and O–H groups in total. The van der Waals surface area contributed by atoms with Crippen LogP contribution in [0.1, 0.15) is 24.2 Å². The van der Waals surface area contributed by atoms with Crippen LogP contribution in [0, 0.1) is 0 Å². The lowest BCUT2D eigenvalue weighted by Crippen LogP contribution is -2.38. The zero-order valence-electron chi connectivity index (χ0n) is 9.90. The number of hydrogen-bond donors (Lipinski definition) is 1. The largest absolute Gasteiger partial charge is 0.380 e. The number of hydrogen-bond acceptors (Lipinski definition) is 3. The smallest absolute Gasteiger partial charge is 0.0953 e. The second kappa shape index (κ2) is 5.43. The third-order valence-electron chi connectivity index (χ3n) is 2.79. The minimum atomic E-state index is 0.167. The molecule has 0 aliphatic carbocycles. The van der Waals surface area contributed by atoms with Gasteiger partial charge in [-0.3, -0.25) is 0 Å². The number of rotatable bonds is 3. The molecule has 2 atom stereocenters. The maximum atomic E-state index is 5.90. The quantitative estimate of drug-likeness (QED) is 0.845. The van der Waals surface area contributed by atoms with Crippen molar-refractivity contribution in [3.63, 3.8) is 0 Å². The molecule has 0 radical (unpaired) electrons. The topological polar surface area (TPSA) is 30.5 Å². The van der Waals surface area contributed by atoms with E-state index in [-0.39, 0.29) is 12.2 Å². The maximum absolute atomic E-state index is 5.90. The summed E-state index contributed by atoms with van der Waals surface area (Å²) in [4.78, 5) is 0. The third kappa shape index (κ3) is 2.82. The van der Waals surface area contributed by atoms with Crippen LogP contribution in [-0.4, -0.2) is 26.3 Å². The van der Waals surface area contributed by atoms with E-state index in [1.54, 1.807) is 7.11 Å². The molecule has 1 heterocycles. The van der Waals surface area contributed by atoms with E-state index in [4.69, 9.17) is 9.47 Å². The van der Waals surface area contributed by atoms with Gasteiger partial charge >= 0.3 is 0 Å². The molecule has 3 nitrogen and oxygen atoms in total. The van der Waals surface area contributed by atoms with Crippen molar-refractivity contribution in [2.24, 2.45) is 0 Å². The third-order valence-corrected chi connectivity index (χ3v) is 2.79. The zero-order chi connectivity index (χ0) is 11.4. The molecule has 88 valence electrons. The Kier molecular flexibility index (Phi) is 3.93. The molecular weight excluding hydrogens is 202 g/mol. The first-order valence-corrected chi connectivity index (χ1v) is 5.73. The van der Waals surface area contributed by atoms with Crippen LogP contribution in [0.2, 0.25) is 0 Å². The predicted molar refractivity (Wildman–Crippen MR) is 63.3 cm³/mol. The van der Waals surface area contributed by atoms with Crippen LogP contribution in [0.5, 0.6) is 0 Å². The molecule has 3 heteroatoms. The summed E-state index contributed by atoms with van der Waals surface area (Å²) in [5.74, 6) is 0. The van der Waals surface area contributed by atoms with Gasteiger partial charge in [-0.05, 0) is 18.1 Å². The minimum absolute atomic E-state index is 0.167. The van der Waals surface area contributed by atoms with Crippen LogP contribution in [0.3, 0.4) is 0 Å². The molecule has 2 rings (SSSR count). The standard InChI is InChI=1S/C13H19NO2/c1-10-7-14-8-13(16-10)12-5-3-4-11(6-12)9-15-2/h3-6,10,13-14H,7-9H2,1-2H3. The Balaban J connectivity index is 2.09. The highest BCUT2D eigenvalue weighted by molar-refractivity contribution is 5.25. The monoisotopic (exact) mass is 221 g/mol. The number of benzene rings is 1. The van der Waals surface area contributed by atoms with E-state index in [2.05, 4.69) is 36.5 Å². The molecule has 2 unspecified atom stereocenters. The second-order valence-corrected chi connectivity index (χ2v) is 4.27. The molecule has 0 spiro atoms. The molecule has 0 saturated carbocycles. The molecule has 0 bridgehead atoms. The van der Waals surface area contributed by atoms with Crippen molar-refractivity contribution < 1.29 is 9.47 Å². The Morgan fingerprint density at radius 2 is 2.31 bits per heavy atom.